The molecule has 2 heteroatoms. The van der Waals surface area contributed by atoms with Gasteiger partial charge in [-0.3, -0.25) is 0 Å². The molecule has 0 fully saturated rings. The van der Waals surface area contributed by atoms with Gasteiger partial charge < -0.3 is 0 Å². The Morgan fingerprint density at radius 3 is 2.25 bits per heavy atom. The summed E-state index contributed by atoms with van der Waals surface area (Å²) in [4.78, 5) is 9.02. The Kier molecular flexibility index (Phi) is 3.45. The minimum absolute atomic E-state index is 1.12. The summed E-state index contributed by atoms with van der Waals surface area (Å²) in [6, 6.07) is 0. The second kappa shape index (κ2) is 3.25. The standard InChI is InChI=1S/C2HO.Sn/c1-2-3;/h1H;. The number of rotatable bonds is 0. The SMILES string of the molecule is O=C=[CH][Sn]. The molecule has 0 aromatic carbocycles. The topological polar surface area (TPSA) is 17.1 Å². The van der Waals surface area contributed by atoms with Crippen LogP contribution in [0.15, 0.2) is 4.09 Å². The van der Waals surface area contributed by atoms with Crippen molar-refractivity contribution in [2.75, 3.05) is 0 Å². The van der Waals surface area contributed by atoms with Crippen molar-refractivity contribution in [2.24, 2.45) is 0 Å². The summed E-state index contributed by atoms with van der Waals surface area (Å²) >= 11 is 1.12. The van der Waals surface area contributed by atoms with Crippen LogP contribution >= 0.6 is 0 Å². The molecule has 0 aromatic rings. The maximum absolute atomic E-state index is 9.02. The zero-order valence-corrected chi connectivity index (χ0v) is 4.84. The molecule has 19 valence electrons. The van der Waals surface area contributed by atoms with E-state index < -0.39 is 0 Å². The molecular formula is C2HOSn. The van der Waals surface area contributed by atoms with Gasteiger partial charge >= 0.3 is 37.4 Å². The van der Waals surface area contributed by atoms with E-state index in [4.69, 9.17) is 4.79 Å². The fourth-order valence-corrected chi connectivity index (χ4v) is 0. The van der Waals surface area contributed by atoms with E-state index in [0.29, 0.717) is 0 Å². The Morgan fingerprint density at radius 2 is 2.25 bits per heavy atom. The summed E-state index contributed by atoms with van der Waals surface area (Å²) in [6.45, 7) is 0. The average Bonchev–Trinajstić information content (AvgIpc) is 1.37. The van der Waals surface area contributed by atoms with Gasteiger partial charge in [0.1, 0.15) is 0 Å². The van der Waals surface area contributed by atoms with Crippen LogP contribution in [0, 0.1) is 0 Å². The molecule has 0 saturated heterocycles. The first-order chi connectivity index (χ1) is 1.91. The number of carbonyl (C=O) groups excluding carboxylic acids is 1. The molecule has 1 nitrogen and oxygen atoms in total. The Bertz CT molecular complexity index is 44.0. The van der Waals surface area contributed by atoms with Crippen molar-refractivity contribution in [3.8, 4) is 0 Å². The molecule has 3 radical (unpaired) electrons. The van der Waals surface area contributed by atoms with E-state index in [0.717, 1.165) is 22.5 Å². The van der Waals surface area contributed by atoms with Crippen LogP contribution in [-0.4, -0.2) is 28.5 Å². The van der Waals surface area contributed by atoms with Gasteiger partial charge in [0.15, 0.2) is 0 Å². The van der Waals surface area contributed by atoms with Crippen molar-refractivity contribution in [3.05, 3.63) is 4.09 Å². The first-order valence-electron chi connectivity index (χ1n) is 0.781. The third kappa shape index (κ3) is 2.25. The van der Waals surface area contributed by atoms with E-state index in [9.17, 15) is 0 Å². The van der Waals surface area contributed by atoms with Gasteiger partial charge in [-0.25, -0.2) is 0 Å². The normalized spacial score (nSPS) is 4.25. The van der Waals surface area contributed by atoms with Crippen LogP contribution in [0.4, 0.5) is 0 Å². The predicted octanol–water partition coefficient (Wildman–Crippen LogP) is -0.500. The number of hydrogen-bond acceptors (Lipinski definition) is 1. The van der Waals surface area contributed by atoms with Gasteiger partial charge in [-0.2, -0.15) is 0 Å². The van der Waals surface area contributed by atoms with E-state index in [2.05, 4.69) is 0 Å². The third-order valence-electron chi connectivity index (χ3n) is 0.0589. The Morgan fingerprint density at radius 1 is 2.00 bits per heavy atom. The molecule has 0 aromatic heterocycles. The minimum atomic E-state index is 1.12. The summed E-state index contributed by atoms with van der Waals surface area (Å²) in [7, 11) is 0. The van der Waals surface area contributed by atoms with E-state index in [1.54, 1.807) is 5.94 Å². The third-order valence-corrected chi connectivity index (χ3v) is 0.395. The van der Waals surface area contributed by atoms with Crippen LogP contribution in [0.1, 0.15) is 0 Å². The zero-order chi connectivity index (χ0) is 3.41. The first-order valence-corrected chi connectivity index (χ1v) is 2.43. The Balaban J connectivity index is 3.11. The second-order valence-electron chi connectivity index (χ2n) is 0.262. The van der Waals surface area contributed by atoms with Crippen LogP contribution in [0.2, 0.25) is 0 Å². The predicted molar refractivity (Wildman–Crippen MR) is 16.0 cm³/mol. The fraction of sp³-hybridized carbons (Fsp3) is 0. The molecule has 0 amide bonds. The number of hydrogen-bond donors (Lipinski definition) is 0. The van der Waals surface area contributed by atoms with E-state index in [1.165, 1.54) is 4.09 Å². The summed E-state index contributed by atoms with van der Waals surface area (Å²) in [6.07, 6.45) is 0. The maximum atomic E-state index is 9.02. The van der Waals surface area contributed by atoms with Crippen molar-refractivity contribution in [1.82, 2.24) is 0 Å². The summed E-state index contributed by atoms with van der Waals surface area (Å²) < 4.78 is 1.41. The monoisotopic (exact) mass is 161 g/mol. The van der Waals surface area contributed by atoms with Crippen LogP contribution in [-0.2, 0) is 4.79 Å². The van der Waals surface area contributed by atoms with Gasteiger partial charge in [0.2, 0.25) is 0 Å². The van der Waals surface area contributed by atoms with Crippen LogP contribution in [0.3, 0.4) is 0 Å². The van der Waals surface area contributed by atoms with Crippen molar-refractivity contribution in [1.29, 1.82) is 0 Å². The van der Waals surface area contributed by atoms with Gasteiger partial charge in [-0.15, -0.1) is 0 Å². The van der Waals surface area contributed by atoms with Gasteiger partial charge in [-0.1, -0.05) is 0 Å². The van der Waals surface area contributed by atoms with Crippen molar-refractivity contribution < 1.29 is 4.79 Å². The molecule has 0 saturated carbocycles. The zero-order valence-electron chi connectivity index (χ0n) is 1.99. The second-order valence-corrected chi connectivity index (χ2v) is 1.09. The van der Waals surface area contributed by atoms with E-state index in [-0.39, 0.29) is 0 Å². The van der Waals surface area contributed by atoms with Gasteiger partial charge in [0, 0.05) is 0 Å². The molecule has 0 aliphatic carbocycles. The summed E-state index contributed by atoms with van der Waals surface area (Å²) in [5.41, 5.74) is 0. The quantitative estimate of drug-likeness (QED) is 0.344. The molecule has 0 atom stereocenters. The van der Waals surface area contributed by atoms with Crippen molar-refractivity contribution >= 4 is 28.5 Å². The summed E-state index contributed by atoms with van der Waals surface area (Å²) in [5.74, 6) is 1.60. The molecule has 0 rings (SSSR count). The van der Waals surface area contributed by atoms with E-state index in [1.807, 2.05) is 0 Å². The Labute approximate surface area is 37.8 Å². The molecule has 0 bridgehead atoms. The van der Waals surface area contributed by atoms with Crippen LogP contribution < -0.4 is 0 Å². The molecule has 4 heavy (non-hydrogen) atoms. The fourth-order valence-electron chi connectivity index (χ4n) is 0. The average molecular weight is 160 g/mol. The molecule has 0 aliphatic rings. The Hall–Kier alpha value is 0.249. The molecule has 0 aliphatic heterocycles. The van der Waals surface area contributed by atoms with Gasteiger partial charge in [0.05, 0.1) is 0 Å². The van der Waals surface area contributed by atoms with Crippen LogP contribution in [0.25, 0.3) is 0 Å². The summed E-state index contributed by atoms with van der Waals surface area (Å²) in [5, 5.41) is 0. The first kappa shape index (κ1) is 4.25. The van der Waals surface area contributed by atoms with Gasteiger partial charge in [-0.05, 0) is 0 Å². The molecule has 0 spiro atoms. The van der Waals surface area contributed by atoms with Crippen molar-refractivity contribution in [2.45, 2.75) is 0 Å². The van der Waals surface area contributed by atoms with Gasteiger partial charge in [0.25, 0.3) is 0 Å². The van der Waals surface area contributed by atoms with Crippen LogP contribution in [0.5, 0.6) is 0 Å². The van der Waals surface area contributed by atoms with Crippen molar-refractivity contribution in [3.63, 3.8) is 0 Å². The molecule has 0 N–H and O–H groups in total. The molecule has 0 heterocycles. The molecular weight excluding hydrogens is 159 g/mol. The molecule has 0 unspecified atom stereocenters. The van der Waals surface area contributed by atoms with E-state index >= 15 is 0 Å².